The molecule has 2 aliphatic rings. The number of hydrogen-bond donors (Lipinski definition) is 0. The maximum atomic E-state index is 13.0. The van der Waals surface area contributed by atoms with Crippen molar-refractivity contribution in [1.29, 1.82) is 0 Å². The van der Waals surface area contributed by atoms with Gasteiger partial charge in [0.05, 0.1) is 19.3 Å². The van der Waals surface area contributed by atoms with Gasteiger partial charge in [0.25, 0.3) is 0 Å². The number of fused-ring (bicyclic) bond motifs is 1. The molecule has 3 heterocycles. The summed E-state index contributed by atoms with van der Waals surface area (Å²) in [7, 11) is 1.56. The van der Waals surface area contributed by atoms with Crippen molar-refractivity contribution < 1.29 is 14.3 Å². The van der Waals surface area contributed by atoms with E-state index in [0.29, 0.717) is 56.0 Å². The van der Waals surface area contributed by atoms with Crippen molar-refractivity contribution in [3.05, 3.63) is 35.4 Å². The van der Waals surface area contributed by atoms with Crippen LogP contribution in [0.1, 0.15) is 0 Å². The summed E-state index contributed by atoms with van der Waals surface area (Å²) in [5.41, 5.74) is 0.763. The normalized spacial score (nSPS) is 16.6. The van der Waals surface area contributed by atoms with Crippen LogP contribution in [0.2, 0.25) is 5.02 Å². The van der Waals surface area contributed by atoms with Crippen LogP contribution in [0.4, 0.5) is 16.3 Å². The molecule has 1 fully saturated rings. The Balaban J connectivity index is 1.42. The first-order valence-corrected chi connectivity index (χ1v) is 9.15. The highest BCUT2D eigenvalue weighted by Crippen LogP contribution is 2.34. The molecule has 0 atom stereocenters. The number of carbonyl (C=O) groups is 1. The van der Waals surface area contributed by atoms with Gasteiger partial charge < -0.3 is 19.3 Å². The maximum absolute atomic E-state index is 13.0. The van der Waals surface area contributed by atoms with Gasteiger partial charge in [0.1, 0.15) is 12.4 Å². The number of ether oxygens (including phenoxy) is 2. The van der Waals surface area contributed by atoms with Crippen molar-refractivity contribution >= 4 is 29.1 Å². The first-order chi connectivity index (χ1) is 13.2. The number of urea groups is 1. The Bertz CT molecular complexity index is 824. The monoisotopic (exact) mass is 389 g/mol. The highest BCUT2D eigenvalue weighted by Gasteiger charge is 2.30. The number of aromatic nitrogens is 2. The number of rotatable bonds is 2. The SMILES string of the molecule is COc1ccc(N2CCN(C(=O)N3CCOc4cc(Cl)ccc43)CC2)nn1. The lowest BCUT2D eigenvalue weighted by molar-refractivity contribution is 0.196. The van der Waals surface area contributed by atoms with Gasteiger partial charge in [-0.05, 0) is 18.2 Å². The molecule has 27 heavy (non-hydrogen) atoms. The minimum atomic E-state index is -0.0117. The topological polar surface area (TPSA) is 71.0 Å². The van der Waals surface area contributed by atoms with Gasteiger partial charge >= 0.3 is 6.03 Å². The van der Waals surface area contributed by atoms with Gasteiger partial charge in [-0.1, -0.05) is 11.6 Å². The molecular weight excluding hydrogens is 370 g/mol. The average Bonchev–Trinajstić information content (AvgIpc) is 2.73. The van der Waals surface area contributed by atoms with E-state index in [1.54, 1.807) is 30.2 Å². The van der Waals surface area contributed by atoms with E-state index in [-0.39, 0.29) is 6.03 Å². The smallest absolute Gasteiger partial charge is 0.324 e. The van der Waals surface area contributed by atoms with Gasteiger partial charge in [-0.3, -0.25) is 4.90 Å². The number of methoxy groups -OCH3 is 1. The van der Waals surface area contributed by atoms with Crippen LogP contribution < -0.4 is 19.3 Å². The Labute approximate surface area is 162 Å². The summed E-state index contributed by atoms with van der Waals surface area (Å²) in [5, 5.41) is 8.78. The van der Waals surface area contributed by atoms with E-state index in [4.69, 9.17) is 21.1 Å². The fourth-order valence-electron chi connectivity index (χ4n) is 3.28. The van der Waals surface area contributed by atoms with Crippen LogP contribution in [-0.2, 0) is 0 Å². The van der Waals surface area contributed by atoms with Crippen molar-refractivity contribution in [3.8, 4) is 11.6 Å². The molecule has 142 valence electrons. The molecule has 1 saturated heterocycles. The van der Waals surface area contributed by atoms with Crippen LogP contribution in [0.5, 0.6) is 11.6 Å². The van der Waals surface area contributed by atoms with Crippen LogP contribution in [0.15, 0.2) is 30.3 Å². The van der Waals surface area contributed by atoms with E-state index in [0.717, 1.165) is 11.5 Å². The Morgan fingerprint density at radius 3 is 2.63 bits per heavy atom. The lowest BCUT2D eigenvalue weighted by atomic mass is 10.2. The third-order valence-electron chi connectivity index (χ3n) is 4.73. The molecule has 0 saturated carbocycles. The summed E-state index contributed by atoms with van der Waals surface area (Å²) >= 11 is 6.03. The van der Waals surface area contributed by atoms with Crippen molar-refractivity contribution in [2.75, 3.05) is 56.2 Å². The summed E-state index contributed by atoms with van der Waals surface area (Å²) in [6.07, 6.45) is 0. The van der Waals surface area contributed by atoms with Gasteiger partial charge in [-0.15, -0.1) is 10.2 Å². The number of benzene rings is 1. The molecule has 0 radical (unpaired) electrons. The zero-order valence-electron chi connectivity index (χ0n) is 15.0. The van der Waals surface area contributed by atoms with Crippen LogP contribution in [0.3, 0.4) is 0 Å². The van der Waals surface area contributed by atoms with Crippen molar-refractivity contribution in [2.45, 2.75) is 0 Å². The van der Waals surface area contributed by atoms with Crippen LogP contribution >= 0.6 is 11.6 Å². The second-order valence-electron chi connectivity index (χ2n) is 6.30. The molecule has 2 amide bonds. The van der Waals surface area contributed by atoms with Crippen molar-refractivity contribution in [3.63, 3.8) is 0 Å². The van der Waals surface area contributed by atoms with E-state index >= 15 is 0 Å². The summed E-state index contributed by atoms with van der Waals surface area (Å²) in [6, 6.07) is 9.01. The zero-order valence-corrected chi connectivity index (χ0v) is 15.7. The first-order valence-electron chi connectivity index (χ1n) is 8.77. The average molecular weight is 390 g/mol. The molecule has 8 nitrogen and oxygen atoms in total. The largest absolute Gasteiger partial charge is 0.489 e. The van der Waals surface area contributed by atoms with Crippen LogP contribution in [0.25, 0.3) is 0 Å². The molecule has 0 N–H and O–H groups in total. The van der Waals surface area contributed by atoms with E-state index in [9.17, 15) is 4.79 Å². The fourth-order valence-corrected chi connectivity index (χ4v) is 3.44. The molecule has 9 heteroatoms. The molecule has 1 aromatic heterocycles. The lowest BCUT2D eigenvalue weighted by Crippen LogP contribution is -2.54. The third-order valence-corrected chi connectivity index (χ3v) is 4.96. The molecule has 2 aliphatic heterocycles. The number of nitrogens with zero attached hydrogens (tertiary/aromatic N) is 5. The summed E-state index contributed by atoms with van der Waals surface area (Å²) in [6.45, 7) is 3.62. The highest BCUT2D eigenvalue weighted by atomic mass is 35.5. The zero-order chi connectivity index (χ0) is 18.8. The lowest BCUT2D eigenvalue weighted by Gasteiger charge is -2.39. The van der Waals surface area contributed by atoms with E-state index in [1.165, 1.54) is 0 Å². The third kappa shape index (κ3) is 3.57. The molecule has 0 unspecified atom stereocenters. The van der Waals surface area contributed by atoms with Gasteiger partial charge in [0, 0.05) is 43.3 Å². The van der Waals surface area contributed by atoms with Gasteiger partial charge in [0.2, 0.25) is 5.88 Å². The molecule has 1 aromatic carbocycles. The van der Waals surface area contributed by atoms with E-state index in [1.807, 2.05) is 17.0 Å². The fraction of sp³-hybridized carbons (Fsp3) is 0.389. The molecule has 4 rings (SSSR count). The van der Waals surface area contributed by atoms with Gasteiger partial charge in [-0.2, -0.15) is 0 Å². The maximum Gasteiger partial charge on any atom is 0.324 e. The molecule has 0 bridgehead atoms. The standard InChI is InChI=1S/C18H20ClN5O3/c1-26-17-5-4-16(20-21-17)22-6-8-23(9-7-22)18(25)24-10-11-27-15-12-13(19)2-3-14(15)24/h2-5,12H,6-11H2,1H3. The quantitative estimate of drug-likeness (QED) is 0.784. The Kier molecular flexibility index (Phi) is 4.89. The Morgan fingerprint density at radius 2 is 1.93 bits per heavy atom. The molecular formula is C18H20ClN5O3. The minimum Gasteiger partial charge on any atom is -0.489 e. The highest BCUT2D eigenvalue weighted by molar-refractivity contribution is 6.30. The van der Waals surface area contributed by atoms with E-state index < -0.39 is 0 Å². The predicted octanol–water partition coefficient (Wildman–Crippen LogP) is 2.28. The molecule has 0 aliphatic carbocycles. The minimum absolute atomic E-state index is 0.0117. The predicted molar refractivity (Wildman–Crippen MR) is 102 cm³/mol. The van der Waals surface area contributed by atoms with Crippen molar-refractivity contribution in [1.82, 2.24) is 15.1 Å². The second kappa shape index (κ2) is 7.48. The summed E-state index contributed by atoms with van der Waals surface area (Å²) < 4.78 is 10.7. The van der Waals surface area contributed by atoms with Gasteiger partial charge in [0.15, 0.2) is 5.82 Å². The Morgan fingerprint density at radius 1 is 1.11 bits per heavy atom. The number of anilines is 2. The molecule has 2 aromatic rings. The summed E-state index contributed by atoms with van der Waals surface area (Å²) in [4.78, 5) is 18.8. The van der Waals surface area contributed by atoms with E-state index in [2.05, 4.69) is 15.1 Å². The van der Waals surface area contributed by atoms with Crippen LogP contribution in [0, 0.1) is 0 Å². The van der Waals surface area contributed by atoms with Crippen LogP contribution in [-0.4, -0.2) is 67.6 Å². The van der Waals surface area contributed by atoms with Gasteiger partial charge in [-0.25, -0.2) is 4.79 Å². The number of halogens is 1. The Hall–Kier alpha value is -2.74. The second-order valence-corrected chi connectivity index (χ2v) is 6.74. The number of hydrogen-bond acceptors (Lipinski definition) is 6. The number of piperazine rings is 1. The number of amides is 2. The molecule has 0 spiro atoms. The van der Waals surface area contributed by atoms with Crippen molar-refractivity contribution in [2.24, 2.45) is 0 Å². The summed E-state index contributed by atoms with van der Waals surface area (Å²) in [5.74, 6) is 1.92. The first kappa shape index (κ1) is 17.7. The number of carbonyl (C=O) groups excluding carboxylic acids is 1.